The third-order valence-electron chi connectivity index (χ3n) is 3.94. The number of anilines is 2. The van der Waals surface area contributed by atoms with Crippen molar-refractivity contribution >= 4 is 33.2 Å². The van der Waals surface area contributed by atoms with Crippen molar-refractivity contribution < 1.29 is 0 Å². The summed E-state index contributed by atoms with van der Waals surface area (Å²) in [7, 11) is 0. The molecule has 0 bridgehead atoms. The van der Waals surface area contributed by atoms with Crippen molar-refractivity contribution in [2.75, 3.05) is 23.3 Å². The molecule has 4 heterocycles. The van der Waals surface area contributed by atoms with Crippen LogP contribution in [0.4, 0.5) is 11.6 Å². The van der Waals surface area contributed by atoms with Gasteiger partial charge in [0.2, 0.25) is 0 Å². The Kier molecular flexibility index (Phi) is 3.60. The molecule has 3 aromatic rings. The second-order valence-electron chi connectivity index (χ2n) is 5.43. The Balaban J connectivity index is 1.51. The molecule has 1 fully saturated rings. The molecule has 5 nitrogen and oxygen atoms in total. The average molecular weight is 311 g/mol. The largest absolute Gasteiger partial charge is 0.365 e. The van der Waals surface area contributed by atoms with E-state index < -0.39 is 0 Å². The van der Waals surface area contributed by atoms with E-state index in [-0.39, 0.29) is 0 Å². The first-order chi connectivity index (χ1) is 10.9. The lowest BCUT2D eigenvalue weighted by molar-refractivity contribution is 0.931. The molecule has 6 heteroatoms. The maximum Gasteiger partial charge on any atom is 0.147 e. The first-order valence-corrected chi connectivity index (χ1v) is 8.40. The standard InChI is InChI=1S/C16H17N5S/c1-2-7-21(6-1)14-9-12(3-5-17-14)10-18-16-15-13(4-8-22-15)19-11-20-16/h3-5,8-9,11H,1-2,6-7,10H2,(H,18,19,20). The maximum atomic E-state index is 4.49. The summed E-state index contributed by atoms with van der Waals surface area (Å²) in [5, 5.41) is 5.46. The quantitative estimate of drug-likeness (QED) is 0.801. The molecule has 3 aromatic heterocycles. The normalized spacial score (nSPS) is 14.6. The van der Waals surface area contributed by atoms with E-state index in [1.807, 2.05) is 17.6 Å². The summed E-state index contributed by atoms with van der Waals surface area (Å²) >= 11 is 1.66. The van der Waals surface area contributed by atoms with E-state index in [1.165, 1.54) is 18.4 Å². The van der Waals surface area contributed by atoms with E-state index in [0.717, 1.165) is 41.5 Å². The van der Waals surface area contributed by atoms with Crippen LogP contribution < -0.4 is 10.2 Å². The van der Waals surface area contributed by atoms with Crippen LogP contribution in [0.3, 0.4) is 0 Å². The summed E-state index contributed by atoms with van der Waals surface area (Å²) in [5.74, 6) is 1.99. The highest BCUT2D eigenvalue weighted by Gasteiger charge is 2.13. The van der Waals surface area contributed by atoms with Gasteiger partial charge in [0.1, 0.15) is 18.0 Å². The molecule has 0 aromatic carbocycles. The Hall–Kier alpha value is -2.21. The molecule has 0 aliphatic carbocycles. The second-order valence-corrected chi connectivity index (χ2v) is 6.34. The molecule has 0 spiro atoms. The van der Waals surface area contributed by atoms with Gasteiger partial charge in [-0.3, -0.25) is 0 Å². The Bertz CT molecular complexity index is 779. The molecule has 1 aliphatic heterocycles. The minimum atomic E-state index is 0.743. The van der Waals surface area contributed by atoms with Crippen LogP contribution in [0.5, 0.6) is 0 Å². The van der Waals surface area contributed by atoms with Crippen LogP contribution >= 0.6 is 11.3 Å². The van der Waals surface area contributed by atoms with Gasteiger partial charge < -0.3 is 10.2 Å². The number of pyridine rings is 1. The Morgan fingerprint density at radius 2 is 2.05 bits per heavy atom. The Morgan fingerprint density at radius 3 is 2.95 bits per heavy atom. The summed E-state index contributed by atoms with van der Waals surface area (Å²) in [6.45, 7) is 2.98. The summed E-state index contributed by atoms with van der Waals surface area (Å²) in [6, 6.07) is 6.25. The number of thiophene rings is 1. The van der Waals surface area contributed by atoms with Gasteiger partial charge in [-0.2, -0.15) is 0 Å². The number of nitrogens with zero attached hydrogens (tertiary/aromatic N) is 4. The van der Waals surface area contributed by atoms with Gasteiger partial charge in [-0.1, -0.05) is 0 Å². The summed E-state index contributed by atoms with van der Waals surface area (Å²) in [4.78, 5) is 15.5. The average Bonchev–Trinajstić information content (AvgIpc) is 3.24. The number of nitrogens with one attached hydrogen (secondary N) is 1. The predicted molar refractivity (Wildman–Crippen MR) is 90.4 cm³/mol. The highest BCUT2D eigenvalue weighted by molar-refractivity contribution is 7.17. The minimum Gasteiger partial charge on any atom is -0.365 e. The first-order valence-electron chi connectivity index (χ1n) is 7.52. The van der Waals surface area contributed by atoms with Crippen molar-refractivity contribution in [1.82, 2.24) is 15.0 Å². The van der Waals surface area contributed by atoms with E-state index in [2.05, 4.69) is 37.3 Å². The van der Waals surface area contributed by atoms with Crippen LogP contribution in [-0.4, -0.2) is 28.0 Å². The van der Waals surface area contributed by atoms with Crippen molar-refractivity contribution in [2.45, 2.75) is 19.4 Å². The van der Waals surface area contributed by atoms with Crippen molar-refractivity contribution in [1.29, 1.82) is 0 Å². The highest BCUT2D eigenvalue weighted by Crippen LogP contribution is 2.25. The zero-order valence-corrected chi connectivity index (χ0v) is 13.0. The fourth-order valence-electron chi connectivity index (χ4n) is 2.79. The zero-order valence-electron chi connectivity index (χ0n) is 12.2. The van der Waals surface area contributed by atoms with Crippen LogP contribution in [0, 0.1) is 0 Å². The molecule has 0 unspecified atom stereocenters. The van der Waals surface area contributed by atoms with E-state index in [1.54, 1.807) is 17.7 Å². The summed E-state index contributed by atoms with van der Waals surface area (Å²) in [5.41, 5.74) is 2.22. The third-order valence-corrected chi connectivity index (χ3v) is 4.85. The molecular formula is C16H17N5S. The molecular weight excluding hydrogens is 294 g/mol. The number of aromatic nitrogens is 3. The maximum absolute atomic E-state index is 4.49. The van der Waals surface area contributed by atoms with Gasteiger partial charge in [0.15, 0.2) is 0 Å². The lowest BCUT2D eigenvalue weighted by Gasteiger charge is -2.17. The van der Waals surface area contributed by atoms with E-state index in [9.17, 15) is 0 Å². The van der Waals surface area contributed by atoms with E-state index in [0.29, 0.717) is 0 Å². The Labute approximate surface area is 133 Å². The van der Waals surface area contributed by atoms with Crippen LogP contribution in [0.1, 0.15) is 18.4 Å². The van der Waals surface area contributed by atoms with Crippen LogP contribution in [0.2, 0.25) is 0 Å². The topological polar surface area (TPSA) is 53.9 Å². The molecule has 112 valence electrons. The molecule has 0 saturated carbocycles. The Morgan fingerprint density at radius 1 is 1.14 bits per heavy atom. The summed E-state index contributed by atoms with van der Waals surface area (Å²) < 4.78 is 1.11. The third kappa shape index (κ3) is 2.62. The molecule has 0 atom stereocenters. The van der Waals surface area contributed by atoms with E-state index in [4.69, 9.17) is 0 Å². The van der Waals surface area contributed by atoms with Gasteiger partial charge in [0.05, 0.1) is 10.2 Å². The smallest absolute Gasteiger partial charge is 0.147 e. The molecule has 0 amide bonds. The van der Waals surface area contributed by atoms with Gasteiger partial charge in [-0.15, -0.1) is 11.3 Å². The van der Waals surface area contributed by atoms with Crippen LogP contribution in [0.25, 0.3) is 10.2 Å². The van der Waals surface area contributed by atoms with Crippen molar-refractivity contribution in [3.63, 3.8) is 0 Å². The van der Waals surface area contributed by atoms with Crippen molar-refractivity contribution in [3.05, 3.63) is 41.7 Å². The van der Waals surface area contributed by atoms with Crippen molar-refractivity contribution in [3.8, 4) is 0 Å². The van der Waals surface area contributed by atoms with Crippen LogP contribution in [0.15, 0.2) is 36.1 Å². The first kappa shape index (κ1) is 13.5. The lowest BCUT2D eigenvalue weighted by atomic mass is 10.2. The molecule has 1 saturated heterocycles. The fourth-order valence-corrected chi connectivity index (χ4v) is 3.60. The lowest BCUT2D eigenvalue weighted by Crippen LogP contribution is -2.19. The minimum absolute atomic E-state index is 0.743. The van der Waals surface area contributed by atoms with Gasteiger partial charge in [-0.25, -0.2) is 15.0 Å². The summed E-state index contributed by atoms with van der Waals surface area (Å²) in [6.07, 6.45) is 6.04. The number of rotatable bonds is 4. The molecule has 1 N–H and O–H groups in total. The fraction of sp³-hybridized carbons (Fsp3) is 0.312. The highest BCUT2D eigenvalue weighted by atomic mass is 32.1. The van der Waals surface area contributed by atoms with Gasteiger partial charge >= 0.3 is 0 Å². The molecule has 22 heavy (non-hydrogen) atoms. The SMILES string of the molecule is c1cc(CNc2ncnc3ccsc23)cc(N2CCCC2)n1. The van der Waals surface area contributed by atoms with Crippen molar-refractivity contribution in [2.24, 2.45) is 0 Å². The molecule has 4 rings (SSSR count). The van der Waals surface area contributed by atoms with Gasteiger partial charge in [-0.05, 0) is 42.0 Å². The monoisotopic (exact) mass is 311 g/mol. The van der Waals surface area contributed by atoms with Gasteiger partial charge in [0, 0.05) is 25.8 Å². The second kappa shape index (κ2) is 5.88. The van der Waals surface area contributed by atoms with Crippen LogP contribution in [-0.2, 0) is 6.54 Å². The predicted octanol–water partition coefficient (Wildman–Crippen LogP) is 3.30. The molecule has 1 aliphatic rings. The van der Waals surface area contributed by atoms with Gasteiger partial charge in [0.25, 0.3) is 0 Å². The number of hydrogen-bond acceptors (Lipinski definition) is 6. The molecule has 0 radical (unpaired) electrons. The zero-order chi connectivity index (χ0) is 14.8. The number of hydrogen-bond donors (Lipinski definition) is 1. The number of fused-ring (bicyclic) bond motifs is 1. The van der Waals surface area contributed by atoms with E-state index >= 15 is 0 Å².